The summed E-state index contributed by atoms with van der Waals surface area (Å²) < 4.78 is 11.6. The number of ether oxygens (including phenoxy) is 2. The number of anilines is 1. The lowest BCUT2D eigenvalue weighted by Gasteiger charge is -2.09. The SMILES string of the molecule is COC(=O)c1ccc(NC(=O)/C(C#N)=C/c2ccc(OCc3ccc(I)cc3)c(Cl)c2)cc1. The lowest BCUT2D eigenvalue weighted by atomic mass is 10.1. The molecule has 33 heavy (non-hydrogen) atoms. The summed E-state index contributed by atoms with van der Waals surface area (Å²) in [5, 5.41) is 12.4. The molecule has 0 fully saturated rings. The summed E-state index contributed by atoms with van der Waals surface area (Å²) >= 11 is 8.57. The molecule has 0 aliphatic carbocycles. The average Bonchev–Trinajstić information content (AvgIpc) is 2.83. The first-order valence-corrected chi connectivity index (χ1v) is 11.1. The number of nitriles is 1. The number of carbonyl (C=O) groups excluding carboxylic acids is 2. The number of esters is 1. The van der Waals surface area contributed by atoms with Gasteiger partial charge in [0.2, 0.25) is 0 Å². The van der Waals surface area contributed by atoms with Gasteiger partial charge in [-0.15, -0.1) is 0 Å². The van der Waals surface area contributed by atoms with Crippen LogP contribution in [0.25, 0.3) is 6.08 Å². The van der Waals surface area contributed by atoms with Crippen molar-refractivity contribution in [1.29, 1.82) is 5.26 Å². The number of hydrogen-bond donors (Lipinski definition) is 1. The Labute approximate surface area is 209 Å². The van der Waals surface area contributed by atoms with Crippen LogP contribution in [-0.4, -0.2) is 19.0 Å². The van der Waals surface area contributed by atoms with Gasteiger partial charge in [0, 0.05) is 9.26 Å². The minimum atomic E-state index is -0.585. The van der Waals surface area contributed by atoms with Gasteiger partial charge in [0.05, 0.1) is 17.7 Å². The molecule has 8 heteroatoms. The fourth-order valence-electron chi connectivity index (χ4n) is 2.79. The Morgan fingerprint density at radius 3 is 2.39 bits per heavy atom. The maximum Gasteiger partial charge on any atom is 0.337 e. The number of hydrogen-bond acceptors (Lipinski definition) is 5. The molecule has 3 aromatic carbocycles. The molecule has 0 heterocycles. The number of amides is 1. The zero-order valence-electron chi connectivity index (χ0n) is 17.5. The highest BCUT2D eigenvalue weighted by molar-refractivity contribution is 14.1. The van der Waals surface area contributed by atoms with Crippen molar-refractivity contribution in [1.82, 2.24) is 0 Å². The second-order valence-electron chi connectivity index (χ2n) is 6.80. The smallest absolute Gasteiger partial charge is 0.337 e. The van der Waals surface area contributed by atoms with E-state index in [2.05, 4.69) is 32.6 Å². The summed E-state index contributed by atoms with van der Waals surface area (Å²) in [5.74, 6) is -0.562. The van der Waals surface area contributed by atoms with Crippen molar-refractivity contribution in [2.75, 3.05) is 12.4 Å². The average molecular weight is 573 g/mol. The Morgan fingerprint density at radius 2 is 1.79 bits per heavy atom. The first kappa shape index (κ1) is 24.3. The molecule has 3 aromatic rings. The fraction of sp³-hybridized carbons (Fsp3) is 0.0800. The highest BCUT2D eigenvalue weighted by Gasteiger charge is 2.12. The third kappa shape index (κ3) is 6.81. The van der Waals surface area contributed by atoms with Crippen LogP contribution in [0.3, 0.4) is 0 Å². The van der Waals surface area contributed by atoms with Gasteiger partial charge in [-0.3, -0.25) is 4.79 Å². The molecule has 1 N–H and O–H groups in total. The number of nitrogens with zero attached hydrogens (tertiary/aromatic N) is 1. The summed E-state index contributed by atoms with van der Waals surface area (Å²) in [6, 6.07) is 21.0. The quantitative estimate of drug-likeness (QED) is 0.166. The second-order valence-corrected chi connectivity index (χ2v) is 8.45. The molecule has 0 bridgehead atoms. The summed E-state index contributed by atoms with van der Waals surface area (Å²) in [4.78, 5) is 24.0. The van der Waals surface area contributed by atoms with Gasteiger partial charge in [0.25, 0.3) is 5.91 Å². The minimum absolute atomic E-state index is 0.101. The predicted octanol–water partition coefficient (Wildman–Crippen LogP) is 5.86. The molecule has 0 aliphatic heterocycles. The van der Waals surface area contributed by atoms with E-state index in [4.69, 9.17) is 16.3 Å². The molecule has 6 nitrogen and oxygen atoms in total. The molecule has 3 rings (SSSR count). The van der Waals surface area contributed by atoms with Crippen LogP contribution in [0.5, 0.6) is 5.75 Å². The summed E-state index contributed by atoms with van der Waals surface area (Å²) in [6.07, 6.45) is 1.44. The molecule has 0 aliphatic rings. The minimum Gasteiger partial charge on any atom is -0.487 e. The Balaban J connectivity index is 1.67. The molecule has 0 saturated carbocycles. The van der Waals surface area contributed by atoms with Crippen LogP contribution >= 0.6 is 34.2 Å². The highest BCUT2D eigenvalue weighted by Crippen LogP contribution is 2.27. The first-order chi connectivity index (χ1) is 15.9. The van der Waals surface area contributed by atoms with Gasteiger partial charge in [-0.2, -0.15) is 5.26 Å². The third-order valence-corrected chi connectivity index (χ3v) is 5.52. The maximum atomic E-state index is 12.5. The number of rotatable bonds is 7. The van der Waals surface area contributed by atoms with Crippen molar-refractivity contribution in [3.8, 4) is 11.8 Å². The third-order valence-electron chi connectivity index (χ3n) is 4.50. The molecular weight excluding hydrogens is 555 g/mol. The standard InChI is InChI=1S/C25H18ClIN2O4/c1-32-25(31)18-5-9-21(10-6-18)29-24(30)19(14-28)12-17-4-11-23(22(26)13-17)33-15-16-2-7-20(27)8-3-16/h2-13H,15H2,1H3,(H,29,30)/b19-12+. The molecule has 0 saturated heterocycles. The van der Waals surface area contributed by atoms with E-state index >= 15 is 0 Å². The second kappa shape index (κ2) is 11.5. The zero-order valence-corrected chi connectivity index (χ0v) is 20.4. The van der Waals surface area contributed by atoms with Crippen LogP contribution in [0.4, 0.5) is 5.69 Å². The van der Waals surface area contributed by atoms with Gasteiger partial charge in [-0.1, -0.05) is 29.8 Å². The van der Waals surface area contributed by atoms with Crippen molar-refractivity contribution < 1.29 is 19.1 Å². The lowest BCUT2D eigenvalue weighted by Crippen LogP contribution is -2.13. The molecule has 166 valence electrons. The van der Waals surface area contributed by atoms with E-state index in [0.717, 1.165) is 9.13 Å². The van der Waals surface area contributed by atoms with Gasteiger partial charge in [0.1, 0.15) is 24.0 Å². The van der Waals surface area contributed by atoms with E-state index in [-0.39, 0.29) is 5.57 Å². The Kier molecular flexibility index (Phi) is 8.46. The van der Waals surface area contributed by atoms with Crippen LogP contribution < -0.4 is 10.1 Å². The van der Waals surface area contributed by atoms with Crippen molar-refractivity contribution >= 4 is 57.8 Å². The van der Waals surface area contributed by atoms with Gasteiger partial charge in [-0.05, 0) is 88.3 Å². The normalized spacial score (nSPS) is 10.8. The Bertz CT molecular complexity index is 1230. The largest absolute Gasteiger partial charge is 0.487 e. The van der Waals surface area contributed by atoms with Gasteiger partial charge >= 0.3 is 5.97 Å². The van der Waals surface area contributed by atoms with Crippen molar-refractivity contribution in [2.24, 2.45) is 0 Å². The number of halogens is 2. The van der Waals surface area contributed by atoms with E-state index < -0.39 is 11.9 Å². The number of methoxy groups -OCH3 is 1. The van der Waals surface area contributed by atoms with E-state index in [1.54, 1.807) is 30.3 Å². The van der Waals surface area contributed by atoms with Crippen LogP contribution in [0.2, 0.25) is 5.02 Å². The molecule has 1 amide bonds. The Morgan fingerprint density at radius 1 is 1.09 bits per heavy atom. The molecule has 0 unspecified atom stereocenters. The maximum absolute atomic E-state index is 12.5. The fourth-order valence-corrected chi connectivity index (χ4v) is 3.39. The summed E-state index contributed by atoms with van der Waals surface area (Å²) in [5.41, 5.74) is 2.28. The summed E-state index contributed by atoms with van der Waals surface area (Å²) in [7, 11) is 1.29. The summed E-state index contributed by atoms with van der Waals surface area (Å²) in [6.45, 7) is 0.368. The molecule has 0 atom stereocenters. The highest BCUT2D eigenvalue weighted by atomic mass is 127. The van der Waals surface area contributed by atoms with Crippen LogP contribution in [0.1, 0.15) is 21.5 Å². The van der Waals surface area contributed by atoms with E-state index in [1.807, 2.05) is 30.3 Å². The van der Waals surface area contributed by atoms with E-state index in [0.29, 0.717) is 34.2 Å². The van der Waals surface area contributed by atoms with Gasteiger partial charge in [-0.25, -0.2) is 4.79 Å². The van der Waals surface area contributed by atoms with Crippen molar-refractivity contribution in [3.05, 3.63) is 97.6 Å². The molecule has 0 radical (unpaired) electrons. The number of nitrogens with one attached hydrogen (secondary N) is 1. The number of carbonyl (C=O) groups is 2. The first-order valence-electron chi connectivity index (χ1n) is 9.68. The molecule has 0 aromatic heterocycles. The molecule has 0 spiro atoms. The predicted molar refractivity (Wildman–Crippen MR) is 135 cm³/mol. The number of benzene rings is 3. The topological polar surface area (TPSA) is 88.4 Å². The van der Waals surface area contributed by atoms with Crippen molar-refractivity contribution in [2.45, 2.75) is 6.61 Å². The molecular formula is C25H18ClIN2O4. The van der Waals surface area contributed by atoms with Crippen LogP contribution in [0, 0.1) is 14.9 Å². The van der Waals surface area contributed by atoms with Gasteiger partial charge < -0.3 is 14.8 Å². The van der Waals surface area contributed by atoms with Crippen LogP contribution in [-0.2, 0) is 16.1 Å². The van der Waals surface area contributed by atoms with Gasteiger partial charge in [0.15, 0.2) is 0 Å². The lowest BCUT2D eigenvalue weighted by molar-refractivity contribution is -0.112. The van der Waals surface area contributed by atoms with Crippen molar-refractivity contribution in [3.63, 3.8) is 0 Å². The zero-order chi connectivity index (χ0) is 23.8. The van der Waals surface area contributed by atoms with E-state index in [9.17, 15) is 14.9 Å². The van der Waals surface area contributed by atoms with Crippen LogP contribution in [0.15, 0.2) is 72.3 Å². The Hall–Kier alpha value is -3.35. The monoisotopic (exact) mass is 572 g/mol. The van der Waals surface area contributed by atoms with E-state index in [1.165, 1.54) is 25.3 Å².